The van der Waals surface area contributed by atoms with Crippen molar-refractivity contribution in [2.75, 3.05) is 44.2 Å². The predicted molar refractivity (Wildman–Crippen MR) is 116 cm³/mol. The molecule has 1 aliphatic rings. The van der Waals surface area contributed by atoms with Crippen LogP contribution >= 0.6 is 0 Å². The molecule has 29 heavy (non-hydrogen) atoms. The lowest BCUT2D eigenvalue weighted by Gasteiger charge is -2.35. The lowest BCUT2D eigenvalue weighted by atomic mass is 10.1. The molecule has 1 saturated heterocycles. The first kappa shape index (κ1) is 21.0. The number of para-hydroxylation sites is 2. The number of carbonyl (C=O) groups excluding carboxylic acids is 1. The van der Waals surface area contributed by atoms with Crippen LogP contribution in [0.15, 0.2) is 48.5 Å². The van der Waals surface area contributed by atoms with Crippen LogP contribution in [0.1, 0.15) is 19.4 Å². The second-order valence-corrected chi connectivity index (χ2v) is 7.66. The molecular formula is C23H31N3O3. The first-order valence-electron chi connectivity index (χ1n) is 10.3. The number of phenols is 1. The van der Waals surface area contributed by atoms with E-state index in [0.717, 1.165) is 44.0 Å². The molecule has 2 aromatic carbocycles. The van der Waals surface area contributed by atoms with Gasteiger partial charge in [-0.2, -0.15) is 0 Å². The Morgan fingerprint density at radius 2 is 1.76 bits per heavy atom. The summed E-state index contributed by atoms with van der Waals surface area (Å²) < 4.78 is 5.65. The van der Waals surface area contributed by atoms with Crippen molar-refractivity contribution in [2.24, 2.45) is 0 Å². The first-order chi connectivity index (χ1) is 14.0. The highest BCUT2D eigenvalue weighted by atomic mass is 16.5. The van der Waals surface area contributed by atoms with E-state index in [1.807, 2.05) is 56.3 Å². The second-order valence-electron chi connectivity index (χ2n) is 7.66. The number of carbonyl (C=O) groups is 1. The Kier molecular flexibility index (Phi) is 7.36. The topological polar surface area (TPSA) is 65.0 Å². The van der Waals surface area contributed by atoms with Crippen LogP contribution in [-0.2, 0) is 11.2 Å². The van der Waals surface area contributed by atoms with Gasteiger partial charge in [-0.15, -0.1) is 0 Å². The van der Waals surface area contributed by atoms with E-state index < -0.39 is 0 Å². The van der Waals surface area contributed by atoms with Crippen molar-refractivity contribution >= 4 is 11.6 Å². The van der Waals surface area contributed by atoms with Crippen LogP contribution in [0.4, 0.5) is 5.69 Å². The molecule has 156 valence electrons. The van der Waals surface area contributed by atoms with Gasteiger partial charge in [0.05, 0.1) is 18.3 Å². The van der Waals surface area contributed by atoms with Crippen molar-refractivity contribution in [3.05, 3.63) is 54.1 Å². The molecule has 0 saturated carbocycles. The van der Waals surface area contributed by atoms with Crippen LogP contribution in [-0.4, -0.2) is 61.3 Å². The summed E-state index contributed by atoms with van der Waals surface area (Å²) in [5.41, 5.74) is 2.04. The SMILES string of the molecule is CC(C)Oc1ccc(CCNC(=O)CN2CCN(c3ccccc3O)CC2)cc1. The Morgan fingerprint density at radius 3 is 2.41 bits per heavy atom. The van der Waals surface area contributed by atoms with Gasteiger partial charge in [-0.1, -0.05) is 24.3 Å². The minimum Gasteiger partial charge on any atom is -0.506 e. The predicted octanol–water partition coefficient (Wildman–Crippen LogP) is 2.66. The number of phenolic OH excluding ortho intramolecular Hbond substituents is 1. The highest BCUT2D eigenvalue weighted by molar-refractivity contribution is 5.78. The smallest absolute Gasteiger partial charge is 0.234 e. The fourth-order valence-electron chi connectivity index (χ4n) is 3.49. The second kappa shape index (κ2) is 10.2. The number of ether oxygens (including phenoxy) is 1. The van der Waals surface area contributed by atoms with Crippen LogP contribution in [0.25, 0.3) is 0 Å². The van der Waals surface area contributed by atoms with E-state index in [0.29, 0.717) is 18.8 Å². The molecule has 1 fully saturated rings. The van der Waals surface area contributed by atoms with E-state index in [1.165, 1.54) is 5.56 Å². The van der Waals surface area contributed by atoms with Crippen molar-refractivity contribution in [3.63, 3.8) is 0 Å². The minimum atomic E-state index is 0.0563. The van der Waals surface area contributed by atoms with Gasteiger partial charge < -0.3 is 20.1 Å². The molecule has 0 spiro atoms. The van der Waals surface area contributed by atoms with Crippen LogP contribution in [0.5, 0.6) is 11.5 Å². The summed E-state index contributed by atoms with van der Waals surface area (Å²) in [5, 5.41) is 13.0. The largest absolute Gasteiger partial charge is 0.506 e. The van der Waals surface area contributed by atoms with E-state index in [2.05, 4.69) is 15.1 Å². The number of nitrogens with zero attached hydrogens (tertiary/aromatic N) is 2. The number of anilines is 1. The van der Waals surface area contributed by atoms with Crippen molar-refractivity contribution in [2.45, 2.75) is 26.4 Å². The Balaban J connectivity index is 1.36. The fraction of sp³-hybridized carbons (Fsp3) is 0.435. The number of rotatable bonds is 8. The Hall–Kier alpha value is -2.73. The van der Waals surface area contributed by atoms with Gasteiger partial charge in [-0.05, 0) is 50.1 Å². The first-order valence-corrected chi connectivity index (χ1v) is 10.3. The molecule has 6 heteroatoms. The molecule has 0 atom stereocenters. The van der Waals surface area contributed by atoms with E-state index >= 15 is 0 Å². The fourth-order valence-corrected chi connectivity index (χ4v) is 3.49. The van der Waals surface area contributed by atoms with Gasteiger partial charge in [-0.3, -0.25) is 9.69 Å². The highest BCUT2D eigenvalue weighted by Crippen LogP contribution is 2.27. The third-order valence-electron chi connectivity index (χ3n) is 4.99. The highest BCUT2D eigenvalue weighted by Gasteiger charge is 2.20. The summed E-state index contributed by atoms with van der Waals surface area (Å²) in [5.74, 6) is 1.24. The molecule has 6 nitrogen and oxygen atoms in total. The normalized spacial score (nSPS) is 14.8. The number of hydrogen-bond donors (Lipinski definition) is 2. The number of amides is 1. The molecule has 3 rings (SSSR count). The number of benzene rings is 2. The average Bonchev–Trinajstić information content (AvgIpc) is 2.70. The summed E-state index contributed by atoms with van der Waals surface area (Å²) >= 11 is 0. The molecule has 0 aromatic heterocycles. The Labute approximate surface area is 173 Å². The van der Waals surface area contributed by atoms with E-state index in [1.54, 1.807) is 6.07 Å². The quantitative estimate of drug-likeness (QED) is 0.717. The van der Waals surface area contributed by atoms with E-state index in [-0.39, 0.29) is 12.0 Å². The van der Waals surface area contributed by atoms with Crippen molar-refractivity contribution in [1.82, 2.24) is 10.2 Å². The third-order valence-corrected chi connectivity index (χ3v) is 4.99. The Morgan fingerprint density at radius 1 is 1.07 bits per heavy atom. The van der Waals surface area contributed by atoms with Gasteiger partial charge >= 0.3 is 0 Å². The van der Waals surface area contributed by atoms with Gasteiger partial charge in [0.2, 0.25) is 5.91 Å². The van der Waals surface area contributed by atoms with Gasteiger partial charge in [0.25, 0.3) is 0 Å². The minimum absolute atomic E-state index is 0.0563. The van der Waals surface area contributed by atoms with Crippen LogP contribution in [0, 0.1) is 0 Å². The molecule has 0 bridgehead atoms. The lowest BCUT2D eigenvalue weighted by Crippen LogP contribution is -2.49. The molecule has 0 radical (unpaired) electrons. The van der Waals surface area contributed by atoms with Crippen LogP contribution in [0.3, 0.4) is 0 Å². The van der Waals surface area contributed by atoms with Gasteiger partial charge in [-0.25, -0.2) is 0 Å². The summed E-state index contributed by atoms with van der Waals surface area (Å²) in [6.45, 7) is 8.27. The van der Waals surface area contributed by atoms with Crippen molar-refractivity contribution in [1.29, 1.82) is 0 Å². The maximum Gasteiger partial charge on any atom is 0.234 e. The molecular weight excluding hydrogens is 366 g/mol. The van der Waals surface area contributed by atoms with Crippen LogP contribution in [0.2, 0.25) is 0 Å². The zero-order valence-electron chi connectivity index (χ0n) is 17.3. The van der Waals surface area contributed by atoms with Crippen LogP contribution < -0.4 is 15.0 Å². The average molecular weight is 398 g/mol. The van der Waals surface area contributed by atoms with Gasteiger partial charge in [0.15, 0.2) is 0 Å². The lowest BCUT2D eigenvalue weighted by molar-refractivity contribution is -0.122. The molecule has 1 aliphatic heterocycles. The summed E-state index contributed by atoms with van der Waals surface area (Å²) in [6.07, 6.45) is 0.967. The number of nitrogens with one attached hydrogen (secondary N) is 1. The third kappa shape index (κ3) is 6.39. The molecule has 1 heterocycles. The molecule has 2 aromatic rings. The number of piperazine rings is 1. The summed E-state index contributed by atoms with van der Waals surface area (Å²) in [6, 6.07) is 15.4. The monoisotopic (exact) mass is 397 g/mol. The molecule has 0 unspecified atom stereocenters. The molecule has 2 N–H and O–H groups in total. The number of aromatic hydroxyl groups is 1. The van der Waals surface area contributed by atoms with Gasteiger partial charge in [0, 0.05) is 32.7 Å². The maximum absolute atomic E-state index is 12.3. The zero-order valence-corrected chi connectivity index (χ0v) is 17.3. The van der Waals surface area contributed by atoms with E-state index in [9.17, 15) is 9.90 Å². The molecule has 0 aliphatic carbocycles. The summed E-state index contributed by atoms with van der Waals surface area (Å²) in [4.78, 5) is 16.6. The Bertz CT molecular complexity index is 784. The standard InChI is InChI=1S/C23H31N3O3/c1-18(2)29-20-9-7-19(8-10-20)11-12-24-23(28)17-25-13-15-26(16-14-25)21-5-3-4-6-22(21)27/h3-10,18,27H,11-17H2,1-2H3,(H,24,28). The zero-order chi connectivity index (χ0) is 20.6. The van der Waals surface area contributed by atoms with Crippen molar-refractivity contribution in [3.8, 4) is 11.5 Å². The molecule has 1 amide bonds. The van der Waals surface area contributed by atoms with Gasteiger partial charge in [0.1, 0.15) is 11.5 Å². The number of hydrogen-bond acceptors (Lipinski definition) is 5. The van der Waals surface area contributed by atoms with Crippen molar-refractivity contribution < 1.29 is 14.6 Å². The summed E-state index contributed by atoms with van der Waals surface area (Å²) in [7, 11) is 0. The maximum atomic E-state index is 12.3. The van der Waals surface area contributed by atoms with E-state index in [4.69, 9.17) is 4.74 Å².